The molecular formula is C19H22O4. The first-order valence-corrected chi connectivity index (χ1v) is 7.63. The molecule has 23 heavy (non-hydrogen) atoms. The van der Waals surface area contributed by atoms with Gasteiger partial charge in [0.1, 0.15) is 17.2 Å². The van der Waals surface area contributed by atoms with Crippen LogP contribution in [0.1, 0.15) is 24.0 Å². The zero-order valence-electron chi connectivity index (χ0n) is 13.8. The largest absolute Gasteiger partial charge is 0.497 e. The molecule has 0 saturated carbocycles. The van der Waals surface area contributed by atoms with Crippen molar-refractivity contribution in [3.8, 4) is 17.2 Å². The van der Waals surface area contributed by atoms with E-state index >= 15 is 0 Å². The predicted octanol–water partition coefficient (Wildman–Crippen LogP) is 4.08. The van der Waals surface area contributed by atoms with Gasteiger partial charge in [0.25, 0.3) is 0 Å². The highest BCUT2D eigenvalue weighted by Gasteiger charge is 2.06. The number of rotatable bonds is 7. The minimum atomic E-state index is -0.264. The maximum absolute atomic E-state index is 11.8. The maximum Gasteiger partial charge on any atom is 0.311 e. The first-order valence-electron chi connectivity index (χ1n) is 7.63. The van der Waals surface area contributed by atoms with Crippen LogP contribution in [0.25, 0.3) is 0 Å². The highest BCUT2D eigenvalue weighted by molar-refractivity contribution is 5.72. The molecule has 0 aliphatic heterocycles. The van der Waals surface area contributed by atoms with Crippen molar-refractivity contribution in [3.05, 3.63) is 53.6 Å². The second-order valence-electron chi connectivity index (χ2n) is 5.37. The molecule has 0 N–H and O–H groups in total. The molecule has 122 valence electrons. The van der Waals surface area contributed by atoms with E-state index in [4.69, 9.17) is 14.2 Å². The molecule has 0 spiro atoms. The van der Waals surface area contributed by atoms with Crippen LogP contribution in [0.2, 0.25) is 0 Å². The highest BCUT2D eigenvalue weighted by Crippen LogP contribution is 2.19. The summed E-state index contributed by atoms with van der Waals surface area (Å²) in [5, 5.41) is 0. The predicted molar refractivity (Wildman–Crippen MR) is 89.3 cm³/mol. The van der Waals surface area contributed by atoms with Crippen LogP contribution in [0.3, 0.4) is 0 Å². The van der Waals surface area contributed by atoms with Gasteiger partial charge in [-0.05, 0) is 56.2 Å². The molecule has 0 aromatic heterocycles. The van der Waals surface area contributed by atoms with Crippen molar-refractivity contribution in [1.29, 1.82) is 0 Å². The lowest BCUT2D eigenvalue weighted by atomic mass is 10.1. The summed E-state index contributed by atoms with van der Waals surface area (Å²) in [6, 6.07) is 13.0. The Morgan fingerprint density at radius 3 is 2.35 bits per heavy atom. The van der Waals surface area contributed by atoms with Gasteiger partial charge < -0.3 is 14.2 Å². The molecule has 2 aromatic carbocycles. The number of benzene rings is 2. The number of carbonyl (C=O) groups excluding carboxylic acids is 1. The van der Waals surface area contributed by atoms with Crippen molar-refractivity contribution in [2.45, 2.75) is 26.7 Å². The van der Waals surface area contributed by atoms with Gasteiger partial charge in [0.15, 0.2) is 0 Å². The fraction of sp³-hybridized carbons (Fsp3) is 0.316. The van der Waals surface area contributed by atoms with Crippen LogP contribution >= 0.6 is 0 Å². The van der Waals surface area contributed by atoms with Crippen molar-refractivity contribution in [1.82, 2.24) is 0 Å². The summed E-state index contributed by atoms with van der Waals surface area (Å²) < 4.78 is 16.0. The fourth-order valence-corrected chi connectivity index (χ4v) is 2.19. The minimum Gasteiger partial charge on any atom is -0.497 e. The summed E-state index contributed by atoms with van der Waals surface area (Å²) in [4.78, 5) is 11.8. The van der Waals surface area contributed by atoms with Crippen LogP contribution in [0.5, 0.6) is 17.2 Å². The van der Waals surface area contributed by atoms with Crippen LogP contribution in [-0.2, 0) is 4.79 Å². The van der Waals surface area contributed by atoms with Crippen molar-refractivity contribution in [2.24, 2.45) is 0 Å². The quantitative estimate of drug-likeness (QED) is 0.439. The van der Waals surface area contributed by atoms with Crippen LogP contribution in [0.15, 0.2) is 42.5 Å². The van der Waals surface area contributed by atoms with E-state index in [9.17, 15) is 4.79 Å². The smallest absolute Gasteiger partial charge is 0.311 e. The lowest BCUT2D eigenvalue weighted by Gasteiger charge is -2.09. The molecule has 4 heteroatoms. The molecule has 0 aliphatic carbocycles. The van der Waals surface area contributed by atoms with Gasteiger partial charge in [0.2, 0.25) is 0 Å². The number of esters is 1. The van der Waals surface area contributed by atoms with Crippen LogP contribution in [0, 0.1) is 13.8 Å². The Morgan fingerprint density at radius 1 is 1.00 bits per heavy atom. The Hall–Kier alpha value is -2.49. The summed E-state index contributed by atoms with van der Waals surface area (Å²) >= 11 is 0. The third kappa shape index (κ3) is 5.33. The molecule has 0 radical (unpaired) electrons. The molecule has 0 fully saturated rings. The van der Waals surface area contributed by atoms with Crippen LogP contribution in [-0.4, -0.2) is 19.7 Å². The second kappa shape index (κ2) is 8.22. The number of hydrogen-bond donors (Lipinski definition) is 0. The van der Waals surface area contributed by atoms with Crippen molar-refractivity contribution < 1.29 is 19.0 Å². The molecule has 0 atom stereocenters. The minimum absolute atomic E-state index is 0.264. The van der Waals surface area contributed by atoms with E-state index in [1.54, 1.807) is 31.4 Å². The molecule has 2 rings (SSSR count). The average Bonchev–Trinajstić information content (AvgIpc) is 2.54. The first kappa shape index (κ1) is 16.9. The molecule has 4 nitrogen and oxygen atoms in total. The monoisotopic (exact) mass is 314 g/mol. The maximum atomic E-state index is 11.8. The van der Waals surface area contributed by atoms with Gasteiger partial charge in [-0.3, -0.25) is 4.79 Å². The molecule has 0 heterocycles. The normalized spacial score (nSPS) is 10.2. The number of carbonyl (C=O) groups is 1. The van der Waals surface area contributed by atoms with Gasteiger partial charge in [0.05, 0.1) is 13.7 Å². The SMILES string of the molecule is COc1ccc(OC(=O)CCCOc2ccc(C)cc2C)cc1. The fourth-order valence-electron chi connectivity index (χ4n) is 2.19. The van der Waals surface area contributed by atoms with Crippen LogP contribution < -0.4 is 14.2 Å². The third-order valence-electron chi connectivity index (χ3n) is 3.40. The van der Waals surface area contributed by atoms with Crippen LogP contribution in [0.4, 0.5) is 0 Å². The highest BCUT2D eigenvalue weighted by atomic mass is 16.5. The molecule has 0 saturated heterocycles. The van der Waals surface area contributed by atoms with Crippen molar-refractivity contribution in [2.75, 3.05) is 13.7 Å². The Labute approximate surface area is 137 Å². The number of aryl methyl sites for hydroxylation is 2. The van der Waals surface area contributed by atoms with Gasteiger partial charge >= 0.3 is 5.97 Å². The Balaban J connectivity index is 1.72. The first-order chi connectivity index (χ1) is 11.1. The Bertz CT molecular complexity index is 647. The summed E-state index contributed by atoms with van der Waals surface area (Å²) in [6.45, 7) is 4.55. The van der Waals surface area contributed by atoms with E-state index in [1.807, 2.05) is 26.0 Å². The topological polar surface area (TPSA) is 44.8 Å². The molecular weight excluding hydrogens is 292 g/mol. The lowest BCUT2D eigenvalue weighted by Crippen LogP contribution is -2.10. The van der Waals surface area contributed by atoms with Gasteiger partial charge in [-0.15, -0.1) is 0 Å². The van der Waals surface area contributed by atoms with Gasteiger partial charge in [-0.1, -0.05) is 17.7 Å². The van der Waals surface area contributed by atoms with E-state index in [0.29, 0.717) is 25.2 Å². The Kier molecular flexibility index (Phi) is 6.03. The number of ether oxygens (including phenoxy) is 3. The van der Waals surface area contributed by atoms with E-state index in [-0.39, 0.29) is 5.97 Å². The van der Waals surface area contributed by atoms with E-state index in [0.717, 1.165) is 17.1 Å². The van der Waals surface area contributed by atoms with Crippen molar-refractivity contribution >= 4 is 5.97 Å². The van der Waals surface area contributed by atoms with E-state index < -0.39 is 0 Å². The lowest BCUT2D eigenvalue weighted by molar-refractivity contribution is -0.134. The average molecular weight is 314 g/mol. The zero-order chi connectivity index (χ0) is 16.7. The summed E-state index contributed by atoms with van der Waals surface area (Å²) in [6.07, 6.45) is 0.930. The molecule has 0 bridgehead atoms. The molecule has 0 aliphatic rings. The summed E-state index contributed by atoms with van der Waals surface area (Å²) in [5.74, 6) is 1.84. The third-order valence-corrected chi connectivity index (χ3v) is 3.40. The molecule has 0 amide bonds. The summed E-state index contributed by atoms with van der Waals surface area (Å²) in [5.41, 5.74) is 2.31. The van der Waals surface area contributed by atoms with E-state index in [2.05, 4.69) is 6.07 Å². The summed E-state index contributed by atoms with van der Waals surface area (Å²) in [7, 11) is 1.59. The van der Waals surface area contributed by atoms with Gasteiger partial charge in [-0.2, -0.15) is 0 Å². The molecule has 0 unspecified atom stereocenters. The number of methoxy groups -OCH3 is 1. The number of hydrogen-bond acceptors (Lipinski definition) is 4. The Morgan fingerprint density at radius 2 is 1.70 bits per heavy atom. The molecule has 2 aromatic rings. The standard InChI is InChI=1S/C19H22O4/c1-14-6-11-18(15(2)13-14)22-12-4-5-19(20)23-17-9-7-16(21-3)8-10-17/h6-11,13H,4-5,12H2,1-3H3. The van der Waals surface area contributed by atoms with Crippen molar-refractivity contribution in [3.63, 3.8) is 0 Å². The van der Waals surface area contributed by atoms with Gasteiger partial charge in [0, 0.05) is 6.42 Å². The zero-order valence-corrected chi connectivity index (χ0v) is 13.8. The second-order valence-corrected chi connectivity index (χ2v) is 5.37. The van der Waals surface area contributed by atoms with E-state index in [1.165, 1.54) is 5.56 Å². The van der Waals surface area contributed by atoms with Gasteiger partial charge in [-0.25, -0.2) is 0 Å².